The first-order chi connectivity index (χ1) is 8.33. The maximum atomic E-state index is 11.9. The van der Waals surface area contributed by atoms with Crippen molar-refractivity contribution in [2.24, 2.45) is 0 Å². The second-order valence-electron chi connectivity index (χ2n) is 4.42. The lowest BCUT2D eigenvalue weighted by atomic mass is 10.0. The summed E-state index contributed by atoms with van der Waals surface area (Å²) in [5.41, 5.74) is 2.39. The summed E-state index contributed by atoms with van der Waals surface area (Å²) in [4.78, 5) is 13.8. The van der Waals surface area contributed by atoms with Gasteiger partial charge in [-0.05, 0) is 31.0 Å². The van der Waals surface area contributed by atoms with E-state index in [-0.39, 0.29) is 5.91 Å². The summed E-state index contributed by atoms with van der Waals surface area (Å²) < 4.78 is 0. The highest BCUT2D eigenvalue weighted by Crippen LogP contribution is 2.26. The molecule has 0 atom stereocenters. The molecular weight excluding hydrogens is 212 g/mol. The molecule has 0 saturated carbocycles. The molecule has 1 aromatic rings. The van der Waals surface area contributed by atoms with Crippen LogP contribution in [0.1, 0.15) is 25.3 Å². The minimum absolute atomic E-state index is 0.252. The Morgan fingerprint density at radius 1 is 1.24 bits per heavy atom. The van der Waals surface area contributed by atoms with Crippen LogP contribution in [0.5, 0.6) is 0 Å². The molecule has 1 heterocycles. The Balaban J connectivity index is 2.02. The van der Waals surface area contributed by atoms with Crippen molar-refractivity contribution in [3.8, 4) is 0 Å². The summed E-state index contributed by atoms with van der Waals surface area (Å²) in [6, 6.07) is 8.21. The van der Waals surface area contributed by atoms with Gasteiger partial charge < -0.3 is 10.2 Å². The zero-order valence-corrected chi connectivity index (χ0v) is 10.4. The lowest BCUT2D eigenvalue weighted by Gasteiger charge is -2.29. The number of nitrogens with one attached hydrogen (secondary N) is 1. The number of fused-ring (bicyclic) bond motifs is 1. The number of aryl methyl sites for hydroxylation is 1. The van der Waals surface area contributed by atoms with Crippen LogP contribution in [-0.2, 0) is 11.2 Å². The maximum absolute atomic E-state index is 11.9. The van der Waals surface area contributed by atoms with Gasteiger partial charge in [0.1, 0.15) is 0 Å². The molecule has 0 saturated heterocycles. The van der Waals surface area contributed by atoms with Crippen LogP contribution in [-0.4, -0.2) is 25.5 Å². The van der Waals surface area contributed by atoms with Gasteiger partial charge in [-0.25, -0.2) is 0 Å². The number of anilines is 1. The van der Waals surface area contributed by atoms with E-state index in [1.165, 1.54) is 5.56 Å². The molecule has 0 fully saturated rings. The van der Waals surface area contributed by atoms with Crippen molar-refractivity contribution in [3.05, 3.63) is 29.8 Å². The van der Waals surface area contributed by atoms with Crippen molar-refractivity contribution in [1.29, 1.82) is 0 Å². The summed E-state index contributed by atoms with van der Waals surface area (Å²) >= 11 is 0. The third-order valence-electron chi connectivity index (χ3n) is 3.13. The van der Waals surface area contributed by atoms with Gasteiger partial charge in [0.25, 0.3) is 0 Å². The van der Waals surface area contributed by atoms with Gasteiger partial charge in [-0.2, -0.15) is 0 Å². The van der Waals surface area contributed by atoms with E-state index >= 15 is 0 Å². The molecule has 1 N–H and O–H groups in total. The van der Waals surface area contributed by atoms with Crippen LogP contribution in [0.25, 0.3) is 0 Å². The quantitative estimate of drug-likeness (QED) is 0.787. The van der Waals surface area contributed by atoms with Crippen LogP contribution in [0.4, 0.5) is 5.69 Å². The highest BCUT2D eigenvalue weighted by Gasteiger charge is 2.22. The molecule has 3 heteroatoms. The Morgan fingerprint density at radius 3 is 2.88 bits per heavy atom. The summed E-state index contributed by atoms with van der Waals surface area (Å²) in [6.45, 7) is 4.81. The van der Waals surface area contributed by atoms with Crippen molar-refractivity contribution in [1.82, 2.24) is 5.32 Å². The van der Waals surface area contributed by atoms with E-state index in [0.29, 0.717) is 6.42 Å². The predicted molar refractivity (Wildman–Crippen MR) is 70.3 cm³/mol. The van der Waals surface area contributed by atoms with Crippen molar-refractivity contribution >= 4 is 11.6 Å². The molecule has 0 unspecified atom stereocenters. The van der Waals surface area contributed by atoms with Crippen molar-refractivity contribution in [2.45, 2.75) is 26.2 Å². The molecule has 1 amide bonds. The number of hydrogen-bond acceptors (Lipinski definition) is 2. The summed E-state index contributed by atoms with van der Waals surface area (Å²) in [5.74, 6) is 0.252. The van der Waals surface area contributed by atoms with Gasteiger partial charge in [-0.15, -0.1) is 0 Å². The highest BCUT2D eigenvalue weighted by molar-refractivity contribution is 5.96. The number of para-hydroxylation sites is 1. The molecule has 0 bridgehead atoms. The Kier molecular flexibility index (Phi) is 4.15. The smallest absolute Gasteiger partial charge is 0.227 e. The molecule has 0 spiro atoms. The fourth-order valence-electron chi connectivity index (χ4n) is 2.23. The molecule has 2 rings (SSSR count). The van der Waals surface area contributed by atoms with Gasteiger partial charge in [0.05, 0.1) is 0 Å². The zero-order valence-electron chi connectivity index (χ0n) is 10.4. The van der Waals surface area contributed by atoms with E-state index in [4.69, 9.17) is 0 Å². The topological polar surface area (TPSA) is 32.3 Å². The van der Waals surface area contributed by atoms with E-state index in [0.717, 1.165) is 38.2 Å². The van der Waals surface area contributed by atoms with Crippen LogP contribution < -0.4 is 10.2 Å². The number of carbonyl (C=O) groups is 1. The first-order valence-electron chi connectivity index (χ1n) is 6.42. The second-order valence-corrected chi connectivity index (χ2v) is 4.42. The number of carbonyl (C=O) groups excluding carboxylic acids is 1. The second kappa shape index (κ2) is 5.82. The fraction of sp³-hybridized carbons (Fsp3) is 0.500. The van der Waals surface area contributed by atoms with Crippen LogP contribution in [0.3, 0.4) is 0 Å². The molecule has 0 aliphatic carbocycles. The first-order valence-corrected chi connectivity index (χ1v) is 6.42. The van der Waals surface area contributed by atoms with E-state index in [1.807, 2.05) is 23.1 Å². The number of nitrogens with zero attached hydrogens (tertiary/aromatic N) is 1. The number of benzene rings is 1. The van der Waals surface area contributed by atoms with Crippen LogP contribution in [0.15, 0.2) is 24.3 Å². The minimum atomic E-state index is 0.252. The van der Waals surface area contributed by atoms with Crippen LogP contribution in [0.2, 0.25) is 0 Å². The highest BCUT2D eigenvalue weighted by atomic mass is 16.2. The summed E-state index contributed by atoms with van der Waals surface area (Å²) in [7, 11) is 0. The molecule has 17 heavy (non-hydrogen) atoms. The number of amides is 1. The lowest BCUT2D eigenvalue weighted by Crippen LogP contribution is -2.39. The molecule has 0 radical (unpaired) electrons. The lowest BCUT2D eigenvalue weighted by molar-refractivity contribution is -0.118. The summed E-state index contributed by atoms with van der Waals surface area (Å²) in [6.07, 6.45) is 2.66. The van der Waals surface area contributed by atoms with Gasteiger partial charge in [-0.3, -0.25) is 4.79 Å². The molecular formula is C14H20N2O. The van der Waals surface area contributed by atoms with Crippen LogP contribution in [0, 0.1) is 0 Å². The van der Waals surface area contributed by atoms with E-state index in [1.54, 1.807) is 0 Å². The van der Waals surface area contributed by atoms with Crippen molar-refractivity contribution in [3.63, 3.8) is 0 Å². The predicted octanol–water partition coefficient (Wildman–Crippen LogP) is 1.97. The van der Waals surface area contributed by atoms with Gasteiger partial charge >= 0.3 is 0 Å². The SMILES string of the molecule is CCCNCCN1C(=O)CCc2ccccc21. The first kappa shape index (κ1) is 12.1. The maximum Gasteiger partial charge on any atom is 0.227 e. The minimum Gasteiger partial charge on any atom is -0.315 e. The zero-order chi connectivity index (χ0) is 12.1. The Hall–Kier alpha value is -1.35. The third kappa shape index (κ3) is 2.86. The Labute approximate surface area is 103 Å². The fourth-order valence-corrected chi connectivity index (χ4v) is 2.23. The average Bonchev–Trinajstić information content (AvgIpc) is 2.37. The van der Waals surface area contributed by atoms with E-state index < -0.39 is 0 Å². The molecule has 0 aromatic heterocycles. The molecule has 1 aliphatic rings. The molecule has 92 valence electrons. The van der Waals surface area contributed by atoms with Crippen molar-refractivity contribution < 1.29 is 4.79 Å². The molecule has 1 aliphatic heterocycles. The van der Waals surface area contributed by atoms with Gasteiger partial charge in [-0.1, -0.05) is 25.1 Å². The van der Waals surface area contributed by atoms with Crippen molar-refractivity contribution in [2.75, 3.05) is 24.5 Å². The largest absolute Gasteiger partial charge is 0.315 e. The van der Waals surface area contributed by atoms with E-state index in [9.17, 15) is 4.79 Å². The molecule has 3 nitrogen and oxygen atoms in total. The van der Waals surface area contributed by atoms with E-state index in [2.05, 4.69) is 18.3 Å². The monoisotopic (exact) mass is 232 g/mol. The normalized spacial score (nSPS) is 14.9. The Bertz CT molecular complexity index is 390. The molecule has 1 aromatic carbocycles. The standard InChI is InChI=1S/C14H20N2O/c1-2-9-15-10-11-16-13-6-4-3-5-12(13)7-8-14(16)17/h3-6,15H,2,7-11H2,1H3. The van der Waals surface area contributed by atoms with Gasteiger partial charge in [0.2, 0.25) is 5.91 Å². The average molecular weight is 232 g/mol. The Morgan fingerprint density at radius 2 is 2.06 bits per heavy atom. The van der Waals surface area contributed by atoms with Gasteiger partial charge in [0, 0.05) is 25.2 Å². The number of rotatable bonds is 5. The van der Waals surface area contributed by atoms with Crippen LogP contribution >= 0.6 is 0 Å². The van der Waals surface area contributed by atoms with Gasteiger partial charge in [0.15, 0.2) is 0 Å². The summed E-state index contributed by atoms with van der Waals surface area (Å²) in [5, 5.41) is 3.34. The number of hydrogen-bond donors (Lipinski definition) is 1. The third-order valence-corrected chi connectivity index (χ3v) is 3.13.